The van der Waals surface area contributed by atoms with Gasteiger partial charge >= 0.3 is 0 Å². The molecule has 0 aromatic carbocycles. The summed E-state index contributed by atoms with van der Waals surface area (Å²) in [7, 11) is -3.94. The van der Waals surface area contributed by atoms with Crippen LogP contribution in [0.25, 0.3) is 0 Å². The summed E-state index contributed by atoms with van der Waals surface area (Å²) in [6.07, 6.45) is 1.28. The average Bonchev–Trinajstić information content (AvgIpc) is 1.99. The number of rotatable bonds is 5. The van der Waals surface area contributed by atoms with Crippen LogP contribution in [0.3, 0.4) is 0 Å². The molecule has 0 aliphatic heterocycles. The van der Waals surface area contributed by atoms with E-state index in [1.807, 2.05) is 0 Å². The van der Waals surface area contributed by atoms with Crippen LogP contribution >= 0.6 is 0 Å². The third-order valence-corrected chi connectivity index (χ3v) is 2.13. The van der Waals surface area contributed by atoms with E-state index in [-0.39, 0.29) is 31.5 Å². The number of carbonyl (C=O) groups is 1. The molecule has 0 aliphatic rings. The molecule has 6 heteroatoms. The van der Waals surface area contributed by atoms with Gasteiger partial charge in [-0.15, -0.1) is 0 Å². The molecular weight excluding hydrogens is 206 g/mol. The summed E-state index contributed by atoms with van der Waals surface area (Å²) < 4.78 is 29.0. The molecule has 14 heavy (non-hydrogen) atoms. The number of carbonyl (C=O) groups excluding carboxylic acids is 1. The summed E-state index contributed by atoms with van der Waals surface area (Å²) >= 11 is 0. The van der Waals surface area contributed by atoms with Gasteiger partial charge in [-0.25, -0.2) is 0 Å². The molecule has 1 atom stereocenters. The Kier molecular flexibility index (Phi) is 7.30. The van der Waals surface area contributed by atoms with E-state index >= 15 is 0 Å². The van der Waals surface area contributed by atoms with Crippen molar-refractivity contribution in [2.45, 2.75) is 26.8 Å². The fraction of sp³-hybridized carbons (Fsp3) is 0.625. The van der Waals surface area contributed by atoms with E-state index in [0.29, 0.717) is 0 Å². The van der Waals surface area contributed by atoms with Gasteiger partial charge in [0.15, 0.2) is 0 Å². The van der Waals surface area contributed by atoms with E-state index in [4.69, 9.17) is 4.55 Å². The maximum Gasteiger partial charge on any atom is 0.264 e. The summed E-state index contributed by atoms with van der Waals surface area (Å²) in [5.74, 6) is -0.714. The Hall–Kier alpha value is -0.880. The zero-order valence-corrected chi connectivity index (χ0v) is 8.17. The van der Waals surface area contributed by atoms with Gasteiger partial charge < -0.3 is 5.32 Å². The van der Waals surface area contributed by atoms with Crippen LogP contribution in [0.1, 0.15) is 20.8 Å². The fourth-order valence-electron chi connectivity index (χ4n) is 0.700. The van der Waals surface area contributed by atoms with E-state index in [1.54, 1.807) is 6.92 Å². The first-order valence-electron chi connectivity index (χ1n) is 3.73. The van der Waals surface area contributed by atoms with Crippen LogP contribution in [0, 0.1) is 0 Å². The molecule has 0 saturated heterocycles. The van der Waals surface area contributed by atoms with Crippen LogP contribution in [-0.2, 0) is 14.9 Å². The van der Waals surface area contributed by atoms with Crippen LogP contribution < -0.4 is 5.32 Å². The second-order valence-electron chi connectivity index (χ2n) is 2.69. The quantitative estimate of drug-likeness (QED) is 0.528. The molecule has 84 valence electrons. The molecule has 1 amide bonds. The predicted molar refractivity (Wildman–Crippen MR) is 55.6 cm³/mol. The second-order valence-corrected chi connectivity index (χ2v) is 4.26. The number of amides is 1. The molecule has 0 aromatic rings. The first-order valence-corrected chi connectivity index (χ1v) is 5.34. The molecule has 0 aliphatic carbocycles. The molecule has 2 N–H and O–H groups in total. The minimum atomic E-state index is -3.94. The molecule has 5 nitrogen and oxygen atoms in total. The minimum absolute atomic E-state index is 0. The molecule has 0 radical (unpaired) electrons. The summed E-state index contributed by atoms with van der Waals surface area (Å²) in [6.45, 7) is 4.89. The van der Waals surface area contributed by atoms with Crippen molar-refractivity contribution < 1.29 is 17.8 Å². The lowest BCUT2D eigenvalue weighted by Crippen LogP contribution is -2.32. The van der Waals surface area contributed by atoms with Gasteiger partial charge in [0.1, 0.15) is 0 Å². The minimum Gasteiger partial charge on any atom is -0.350 e. The summed E-state index contributed by atoms with van der Waals surface area (Å²) in [5.41, 5.74) is 0. The molecule has 0 rings (SSSR count). The Morgan fingerprint density at radius 3 is 2.50 bits per heavy atom. The van der Waals surface area contributed by atoms with Crippen LogP contribution in [-0.4, -0.2) is 30.7 Å². The molecule has 1 unspecified atom stereocenters. The van der Waals surface area contributed by atoms with Crippen molar-refractivity contribution >= 4 is 16.0 Å². The van der Waals surface area contributed by atoms with E-state index < -0.39 is 10.1 Å². The topological polar surface area (TPSA) is 83.5 Å². The lowest BCUT2D eigenvalue weighted by Gasteiger charge is -2.10. The predicted octanol–water partition coefficient (Wildman–Crippen LogP) is 0.591. The maximum absolute atomic E-state index is 10.7. The zero-order chi connectivity index (χ0) is 10.5. The molecular formula is C8H17NO4S. The highest BCUT2D eigenvalue weighted by atomic mass is 32.2. The molecule has 0 spiro atoms. The van der Waals surface area contributed by atoms with Crippen molar-refractivity contribution in [1.82, 2.24) is 5.32 Å². The van der Waals surface area contributed by atoms with Gasteiger partial charge in [0, 0.05) is 6.04 Å². The zero-order valence-electron chi connectivity index (χ0n) is 7.36. The van der Waals surface area contributed by atoms with Gasteiger partial charge in [-0.05, 0) is 19.4 Å². The van der Waals surface area contributed by atoms with E-state index in [2.05, 4.69) is 11.9 Å². The van der Waals surface area contributed by atoms with Crippen LogP contribution in [0.15, 0.2) is 12.7 Å². The third-order valence-electron chi connectivity index (χ3n) is 1.38. The van der Waals surface area contributed by atoms with E-state index in [1.165, 1.54) is 0 Å². The maximum atomic E-state index is 10.7. The van der Waals surface area contributed by atoms with Gasteiger partial charge in [-0.3, -0.25) is 9.35 Å². The van der Waals surface area contributed by atoms with Crippen LogP contribution in [0.5, 0.6) is 0 Å². The molecule has 0 fully saturated rings. The van der Waals surface area contributed by atoms with Gasteiger partial charge in [-0.2, -0.15) is 8.42 Å². The van der Waals surface area contributed by atoms with Gasteiger partial charge in [0.25, 0.3) is 10.1 Å². The molecule has 0 aromatic heterocycles. The largest absolute Gasteiger partial charge is 0.350 e. The van der Waals surface area contributed by atoms with Gasteiger partial charge in [0.05, 0.1) is 5.75 Å². The second kappa shape index (κ2) is 6.56. The van der Waals surface area contributed by atoms with Crippen molar-refractivity contribution in [2.24, 2.45) is 0 Å². The molecule has 0 saturated carbocycles. The summed E-state index contributed by atoms with van der Waals surface area (Å²) in [4.78, 5) is 10.7. The van der Waals surface area contributed by atoms with Crippen molar-refractivity contribution in [2.75, 3.05) is 5.75 Å². The highest BCUT2D eigenvalue weighted by molar-refractivity contribution is 7.85. The van der Waals surface area contributed by atoms with Crippen molar-refractivity contribution in [3.63, 3.8) is 0 Å². The Labute approximate surface area is 85.0 Å². The Morgan fingerprint density at radius 2 is 2.14 bits per heavy atom. The summed E-state index contributed by atoms with van der Waals surface area (Å²) in [6, 6.07) is -0.299. The SMILES string of the molecule is C.C=CC(=O)NC(C)CCS(=O)(=O)O. The van der Waals surface area contributed by atoms with Crippen LogP contribution in [0.2, 0.25) is 0 Å². The normalized spacial score (nSPS) is 12.4. The van der Waals surface area contributed by atoms with Crippen LogP contribution in [0.4, 0.5) is 0 Å². The van der Waals surface area contributed by atoms with E-state index in [0.717, 1.165) is 6.08 Å². The lowest BCUT2D eigenvalue weighted by atomic mass is 10.2. The van der Waals surface area contributed by atoms with E-state index in [9.17, 15) is 13.2 Å². The number of nitrogens with one attached hydrogen (secondary N) is 1. The standard InChI is InChI=1S/C7H13NO4S.CH4/c1-3-7(9)8-6(2)4-5-13(10,11)12;/h3,6H,1,4-5H2,2H3,(H,8,9)(H,10,11,12);1H4. The van der Waals surface area contributed by atoms with Crippen molar-refractivity contribution in [3.05, 3.63) is 12.7 Å². The first kappa shape index (κ1) is 15.6. The third kappa shape index (κ3) is 9.21. The average molecular weight is 223 g/mol. The van der Waals surface area contributed by atoms with Gasteiger partial charge in [-0.1, -0.05) is 14.0 Å². The van der Waals surface area contributed by atoms with Gasteiger partial charge in [0.2, 0.25) is 5.91 Å². The molecule has 0 bridgehead atoms. The van der Waals surface area contributed by atoms with Crippen molar-refractivity contribution in [1.29, 1.82) is 0 Å². The first-order chi connectivity index (χ1) is 5.85. The molecule has 0 heterocycles. The highest BCUT2D eigenvalue weighted by Gasteiger charge is 2.09. The van der Waals surface area contributed by atoms with Crippen molar-refractivity contribution in [3.8, 4) is 0 Å². The lowest BCUT2D eigenvalue weighted by molar-refractivity contribution is -0.117. The Morgan fingerprint density at radius 1 is 1.64 bits per heavy atom. The summed E-state index contributed by atoms with van der Waals surface area (Å²) in [5, 5.41) is 2.47. The number of hydrogen-bond donors (Lipinski definition) is 2. The smallest absolute Gasteiger partial charge is 0.264 e. The monoisotopic (exact) mass is 223 g/mol. The Bertz CT molecular complexity index is 284. The fourth-order valence-corrected chi connectivity index (χ4v) is 1.35. The highest BCUT2D eigenvalue weighted by Crippen LogP contribution is 1.94. The Balaban J connectivity index is 0. The number of hydrogen-bond acceptors (Lipinski definition) is 3.